The van der Waals surface area contributed by atoms with Crippen molar-refractivity contribution in [3.63, 3.8) is 0 Å². The van der Waals surface area contributed by atoms with Crippen LogP contribution in [0.5, 0.6) is 0 Å². The van der Waals surface area contributed by atoms with Crippen LogP contribution in [0.25, 0.3) is 0 Å². The lowest BCUT2D eigenvalue weighted by atomic mass is 10.2. The first-order chi connectivity index (χ1) is 10.1. The van der Waals surface area contributed by atoms with Crippen molar-refractivity contribution in [2.24, 2.45) is 0 Å². The molecule has 2 rings (SSSR count). The van der Waals surface area contributed by atoms with Gasteiger partial charge < -0.3 is 5.32 Å². The number of hydrogen-bond donors (Lipinski definition) is 1. The Labute approximate surface area is 126 Å². The van der Waals surface area contributed by atoms with E-state index in [0.29, 0.717) is 21.8 Å². The molecule has 1 heterocycles. The number of benzene rings is 1. The van der Waals surface area contributed by atoms with E-state index < -0.39 is 0 Å². The maximum absolute atomic E-state index is 13.4. The van der Waals surface area contributed by atoms with Crippen LogP contribution in [0.15, 0.2) is 41.6 Å². The molecule has 1 aromatic heterocycles. The smallest absolute Gasteiger partial charge is 0.234 e. The summed E-state index contributed by atoms with van der Waals surface area (Å²) >= 11 is 1.17. The fraction of sp³-hybridized carbons (Fsp3) is 0.133. The molecule has 0 saturated heterocycles. The van der Waals surface area contributed by atoms with Crippen LogP contribution in [-0.2, 0) is 4.79 Å². The summed E-state index contributed by atoms with van der Waals surface area (Å²) < 4.78 is 13.4. The van der Waals surface area contributed by atoms with Crippen molar-refractivity contribution in [3.05, 3.63) is 53.5 Å². The second kappa shape index (κ2) is 6.86. The highest BCUT2D eigenvalue weighted by Gasteiger charge is 2.08. The highest BCUT2D eigenvalue weighted by atomic mass is 32.2. The molecule has 0 fully saturated rings. The van der Waals surface area contributed by atoms with Gasteiger partial charge in [0.1, 0.15) is 16.9 Å². The van der Waals surface area contributed by atoms with Gasteiger partial charge in [-0.3, -0.25) is 4.79 Å². The topological polar surface area (TPSA) is 65.8 Å². The van der Waals surface area contributed by atoms with Crippen LogP contribution in [0, 0.1) is 24.1 Å². The van der Waals surface area contributed by atoms with E-state index in [0.717, 1.165) is 0 Å². The number of carbonyl (C=O) groups excluding carboxylic acids is 1. The second-order valence-electron chi connectivity index (χ2n) is 4.27. The van der Waals surface area contributed by atoms with Crippen LogP contribution >= 0.6 is 11.8 Å². The average Bonchev–Trinajstić information content (AvgIpc) is 2.49. The molecule has 0 unspecified atom stereocenters. The van der Waals surface area contributed by atoms with Gasteiger partial charge in [-0.15, -0.1) is 0 Å². The Kier molecular flexibility index (Phi) is 4.90. The van der Waals surface area contributed by atoms with Crippen molar-refractivity contribution in [3.8, 4) is 6.07 Å². The Morgan fingerprint density at radius 1 is 1.48 bits per heavy atom. The summed E-state index contributed by atoms with van der Waals surface area (Å²) in [7, 11) is 0. The van der Waals surface area contributed by atoms with Gasteiger partial charge in [-0.05, 0) is 36.8 Å². The van der Waals surface area contributed by atoms with Gasteiger partial charge in [-0.25, -0.2) is 9.37 Å². The minimum Gasteiger partial charge on any atom is -0.325 e. The van der Waals surface area contributed by atoms with Crippen LogP contribution in [-0.4, -0.2) is 16.6 Å². The summed E-state index contributed by atoms with van der Waals surface area (Å²) in [5.74, 6) is -0.545. The lowest BCUT2D eigenvalue weighted by Gasteiger charge is -2.06. The lowest BCUT2D eigenvalue weighted by molar-refractivity contribution is -0.113. The van der Waals surface area contributed by atoms with Crippen LogP contribution in [0.3, 0.4) is 0 Å². The van der Waals surface area contributed by atoms with Gasteiger partial charge >= 0.3 is 0 Å². The number of anilines is 1. The first-order valence-corrected chi connectivity index (χ1v) is 7.12. The molecule has 1 amide bonds. The number of amides is 1. The van der Waals surface area contributed by atoms with Crippen molar-refractivity contribution in [2.45, 2.75) is 11.9 Å². The van der Waals surface area contributed by atoms with E-state index in [1.54, 1.807) is 37.4 Å². The Balaban J connectivity index is 1.96. The number of nitrogens with zero attached hydrogens (tertiary/aromatic N) is 2. The Hall–Kier alpha value is -2.39. The molecule has 0 radical (unpaired) electrons. The van der Waals surface area contributed by atoms with Gasteiger partial charge in [-0.2, -0.15) is 5.26 Å². The molecular weight excluding hydrogens is 289 g/mol. The van der Waals surface area contributed by atoms with Crippen LogP contribution in [0.1, 0.15) is 11.1 Å². The number of rotatable bonds is 4. The number of pyridine rings is 1. The molecule has 0 atom stereocenters. The van der Waals surface area contributed by atoms with Gasteiger partial charge in [0.15, 0.2) is 0 Å². The van der Waals surface area contributed by atoms with Crippen molar-refractivity contribution in [1.29, 1.82) is 5.26 Å². The van der Waals surface area contributed by atoms with Gasteiger partial charge in [0.2, 0.25) is 5.91 Å². The fourth-order valence-electron chi connectivity index (χ4n) is 1.59. The predicted octanol–water partition coefficient (Wildman–Crippen LogP) is 3.13. The van der Waals surface area contributed by atoms with E-state index in [1.807, 2.05) is 6.07 Å². The number of hydrogen-bond acceptors (Lipinski definition) is 4. The number of nitriles is 1. The zero-order valence-corrected chi connectivity index (χ0v) is 12.1. The quantitative estimate of drug-likeness (QED) is 0.881. The highest BCUT2D eigenvalue weighted by Crippen LogP contribution is 2.20. The largest absolute Gasteiger partial charge is 0.325 e. The minimum atomic E-state index is -0.364. The first-order valence-electron chi connectivity index (χ1n) is 6.14. The molecule has 0 spiro atoms. The van der Waals surface area contributed by atoms with E-state index in [4.69, 9.17) is 5.26 Å². The second-order valence-corrected chi connectivity index (χ2v) is 5.23. The van der Waals surface area contributed by atoms with Gasteiger partial charge in [-0.1, -0.05) is 17.8 Å². The zero-order valence-electron chi connectivity index (χ0n) is 11.3. The average molecular weight is 301 g/mol. The number of halogens is 1. The molecule has 21 heavy (non-hydrogen) atoms. The third-order valence-corrected chi connectivity index (χ3v) is 3.69. The van der Waals surface area contributed by atoms with Crippen LogP contribution < -0.4 is 5.32 Å². The number of carbonyl (C=O) groups is 1. The van der Waals surface area contributed by atoms with Crippen molar-refractivity contribution >= 4 is 23.4 Å². The zero-order chi connectivity index (χ0) is 15.2. The molecule has 4 nitrogen and oxygen atoms in total. The number of thioether (sulfide) groups is 1. The summed E-state index contributed by atoms with van der Waals surface area (Å²) in [6.45, 7) is 1.65. The molecule has 2 aromatic rings. The SMILES string of the molecule is Cc1ccc(NC(=O)CSc2ncccc2C#N)cc1F. The summed E-state index contributed by atoms with van der Waals surface area (Å²) in [5.41, 5.74) is 1.36. The molecule has 106 valence electrons. The Morgan fingerprint density at radius 3 is 3.00 bits per heavy atom. The van der Waals surface area contributed by atoms with E-state index >= 15 is 0 Å². The summed E-state index contributed by atoms with van der Waals surface area (Å²) in [4.78, 5) is 15.9. The number of nitrogens with one attached hydrogen (secondary N) is 1. The summed E-state index contributed by atoms with van der Waals surface area (Å²) in [5, 5.41) is 12.0. The number of aromatic nitrogens is 1. The van der Waals surface area contributed by atoms with Crippen molar-refractivity contribution in [1.82, 2.24) is 4.98 Å². The molecule has 0 aliphatic heterocycles. The van der Waals surface area contributed by atoms with E-state index in [2.05, 4.69) is 10.3 Å². The van der Waals surface area contributed by atoms with E-state index in [9.17, 15) is 9.18 Å². The predicted molar refractivity (Wildman–Crippen MR) is 79.4 cm³/mol. The molecule has 0 bridgehead atoms. The van der Waals surface area contributed by atoms with Gasteiger partial charge in [0, 0.05) is 11.9 Å². The normalized spacial score (nSPS) is 9.95. The highest BCUT2D eigenvalue weighted by molar-refractivity contribution is 8.00. The van der Waals surface area contributed by atoms with Crippen molar-refractivity contribution < 1.29 is 9.18 Å². The molecule has 1 aromatic carbocycles. The first kappa shape index (κ1) is 15.0. The monoisotopic (exact) mass is 301 g/mol. The van der Waals surface area contributed by atoms with Gasteiger partial charge in [0.25, 0.3) is 0 Å². The maximum atomic E-state index is 13.4. The summed E-state index contributed by atoms with van der Waals surface area (Å²) in [6.07, 6.45) is 1.57. The Morgan fingerprint density at radius 2 is 2.29 bits per heavy atom. The standard InChI is InChI=1S/C15H12FN3OS/c1-10-4-5-12(7-13(10)16)19-14(20)9-21-15-11(8-17)3-2-6-18-15/h2-7H,9H2,1H3,(H,19,20). The van der Waals surface area contributed by atoms with Gasteiger partial charge in [0.05, 0.1) is 11.3 Å². The number of aryl methyl sites for hydroxylation is 1. The van der Waals surface area contributed by atoms with E-state index in [1.165, 1.54) is 17.8 Å². The molecule has 0 aliphatic rings. The maximum Gasteiger partial charge on any atom is 0.234 e. The molecule has 6 heteroatoms. The lowest BCUT2D eigenvalue weighted by Crippen LogP contribution is -2.14. The molecule has 0 saturated carbocycles. The third kappa shape index (κ3) is 4.04. The van der Waals surface area contributed by atoms with Crippen molar-refractivity contribution in [2.75, 3.05) is 11.1 Å². The summed E-state index contributed by atoms with van der Waals surface area (Å²) in [6, 6.07) is 9.84. The van der Waals surface area contributed by atoms with E-state index in [-0.39, 0.29) is 17.5 Å². The third-order valence-electron chi connectivity index (χ3n) is 2.69. The molecule has 0 aliphatic carbocycles. The van der Waals surface area contributed by atoms with Crippen LogP contribution in [0.2, 0.25) is 0 Å². The molecule has 1 N–H and O–H groups in total. The Bertz CT molecular complexity index is 712. The van der Waals surface area contributed by atoms with Crippen LogP contribution in [0.4, 0.5) is 10.1 Å². The minimum absolute atomic E-state index is 0.0984. The molecular formula is C15H12FN3OS. The fourth-order valence-corrected chi connectivity index (χ4v) is 2.34.